The Hall–Kier alpha value is -2.45. The van der Waals surface area contributed by atoms with Crippen molar-refractivity contribution in [2.45, 2.75) is 39.8 Å². The van der Waals surface area contributed by atoms with Gasteiger partial charge in [0.1, 0.15) is 5.69 Å². The van der Waals surface area contributed by atoms with E-state index in [1.165, 1.54) is 11.3 Å². The van der Waals surface area contributed by atoms with E-state index in [1.807, 2.05) is 0 Å². The van der Waals surface area contributed by atoms with Crippen LogP contribution in [-0.2, 0) is 0 Å². The maximum Gasteiger partial charge on any atom is 0.270 e. The Morgan fingerprint density at radius 3 is 2.52 bits per heavy atom. The number of nitrogen functional groups attached to an aromatic ring is 1. The minimum absolute atomic E-state index is 0.247. The van der Waals surface area contributed by atoms with Crippen LogP contribution in [0.15, 0.2) is 29.6 Å². The van der Waals surface area contributed by atoms with Crippen molar-refractivity contribution in [1.82, 2.24) is 15.2 Å². The summed E-state index contributed by atoms with van der Waals surface area (Å²) in [5.74, 6) is -0.559. The Morgan fingerprint density at radius 1 is 1.19 bits per heavy atom. The fourth-order valence-corrected chi connectivity index (χ4v) is 3.47. The third kappa shape index (κ3) is 6.04. The number of hydrogen-bond donors (Lipinski definition) is 3. The number of amides is 2. The van der Waals surface area contributed by atoms with E-state index in [2.05, 4.69) is 48.2 Å². The summed E-state index contributed by atoms with van der Waals surface area (Å²) in [6.45, 7) is 9.85. The van der Waals surface area contributed by atoms with Crippen molar-refractivity contribution in [2.24, 2.45) is 0 Å². The molecule has 0 unspecified atom stereocenters. The smallest absolute Gasteiger partial charge is 0.270 e. The normalized spacial score (nSPS) is 11.2. The van der Waals surface area contributed by atoms with E-state index in [1.54, 1.807) is 29.6 Å². The van der Waals surface area contributed by atoms with Gasteiger partial charge in [-0.1, -0.05) is 6.07 Å². The van der Waals surface area contributed by atoms with Crippen molar-refractivity contribution in [2.75, 3.05) is 24.1 Å². The molecule has 0 radical (unpaired) electrons. The molecule has 0 aliphatic rings. The molecule has 0 saturated carbocycles. The Bertz CT molecular complexity index is 780. The number of nitrogens with one attached hydrogen (secondary N) is 2. The van der Waals surface area contributed by atoms with Crippen molar-refractivity contribution >= 4 is 34.0 Å². The zero-order chi connectivity index (χ0) is 20.0. The van der Waals surface area contributed by atoms with Crippen LogP contribution in [0.2, 0.25) is 0 Å². The minimum atomic E-state index is -0.312. The highest BCUT2D eigenvalue weighted by molar-refractivity contribution is 7.14. The van der Waals surface area contributed by atoms with Crippen LogP contribution in [0, 0.1) is 0 Å². The van der Waals surface area contributed by atoms with Gasteiger partial charge in [0.15, 0.2) is 5.13 Å². The van der Waals surface area contributed by atoms with Crippen LogP contribution < -0.4 is 16.4 Å². The van der Waals surface area contributed by atoms with Gasteiger partial charge in [0.2, 0.25) is 0 Å². The first-order valence-corrected chi connectivity index (χ1v) is 9.82. The summed E-state index contributed by atoms with van der Waals surface area (Å²) in [5, 5.41) is 7.57. The Balaban J connectivity index is 1.89. The second-order valence-corrected chi connectivity index (χ2v) is 7.66. The molecule has 1 aromatic heterocycles. The summed E-state index contributed by atoms with van der Waals surface area (Å²) in [5.41, 5.74) is 6.94. The van der Waals surface area contributed by atoms with Crippen molar-refractivity contribution in [3.8, 4) is 0 Å². The molecule has 1 aromatic carbocycles. The summed E-state index contributed by atoms with van der Waals surface area (Å²) < 4.78 is 0. The summed E-state index contributed by atoms with van der Waals surface area (Å²) in [6.07, 6.45) is 0. The number of benzene rings is 1. The summed E-state index contributed by atoms with van der Waals surface area (Å²) in [6, 6.07) is 7.50. The molecule has 8 heteroatoms. The van der Waals surface area contributed by atoms with E-state index in [0.717, 1.165) is 6.54 Å². The number of nitrogens with zero attached hydrogens (tertiary/aromatic N) is 2. The third-order valence-corrected chi connectivity index (χ3v) is 4.85. The second-order valence-electron chi connectivity index (χ2n) is 6.80. The van der Waals surface area contributed by atoms with Gasteiger partial charge in [0.05, 0.1) is 0 Å². The predicted molar refractivity (Wildman–Crippen MR) is 110 cm³/mol. The van der Waals surface area contributed by atoms with Crippen molar-refractivity contribution in [3.05, 3.63) is 40.9 Å². The van der Waals surface area contributed by atoms with Gasteiger partial charge < -0.3 is 11.1 Å². The van der Waals surface area contributed by atoms with E-state index in [4.69, 9.17) is 5.73 Å². The monoisotopic (exact) mass is 389 g/mol. The molecule has 146 valence electrons. The van der Waals surface area contributed by atoms with Gasteiger partial charge in [-0.3, -0.25) is 19.8 Å². The van der Waals surface area contributed by atoms with Crippen LogP contribution in [0.1, 0.15) is 48.5 Å². The molecule has 0 fully saturated rings. The first kappa shape index (κ1) is 20.9. The van der Waals surface area contributed by atoms with Crippen LogP contribution in [0.3, 0.4) is 0 Å². The number of carbonyl (C=O) groups is 2. The molecule has 2 rings (SSSR count). The maximum atomic E-state index is 12.3. The molecular weight excluding hydrogens is 362 g/mol. The quantitative estimate of drug-likeness (QED) is 0.603. The van der Waals surface area contributed by atoms with Gasteiger partial charge in [0.25, 0.3) is 11.8 Å². The summed E-state index contributed by atoms with van der Waals surface area (Å²) in [4.78, 5) is 31.0. The number of hydrogen-bond acceptors (Lipinski definition) is 6. The molecule has 1 heterocycles. The van der Waals surface area contributed by atoms with Crippen molar-refractivity contribution in [1.29, 1.82) is 0 Å². The highest BCUT2D eigenvalue weighted by Gasteiger charge is 2.16. The van der Waals surface area contributed by atoms with E-state index in [9.17, 15) is 9.59 Å². The fraction of sp³-hybridized carbons (Fsp3) is 0.421. The lowest BCUT2D eigenvalue weighted by Gasteiger charge is -2.30. The fourth-order valence-electron chi connectivity index (χ4n) is 2.79. The molecule has 2 aromatic rings. The standard InChI is InChI=1S/C19H27N5O2S/c1-12(2)24(13(3)4)9-8-21-18(26)16-11-27-19(22-16)23-17(25)14-6-5-7-15(20)10-14/h5-7,10-13H,8-9,20H2,1-4H3,(H,21,26)(H,22,23,25). The molecule has 0 aliphatic heterocycles. The first-order chi connectivity index (χ1) is 12.8. The van der Waals surface area contributed by atoms with Crippen LogP contribution in [0.4, 0.5) is 10.8 Å². The molecule has 0 saturated heterocycles. The molecular formula is C19H27N5O2S. The van der Waals surface area contributed by atoms with E-state index < -0.39 is 0 Å². The van der Waals surface area contributed by atoms with Crippen LogP contribution in [0.5, 0.6) is 0 Å². The van der Waals surface area contributed by atoms with Crippen LogP contribution in [0.25, 0.3) is 0 Å². The molecule has 0 aliphatic carbocycles. The number of thiazole rings is 1. The first-order valence-electron chi connectivity index (χ1n) is 8.94. The SMILES string of the molecule is CC(C)N(CCNC(=O)c1csc(NC(=O)c2cccc(N)c2)n1)C(C)C. The van der Waals surface area contributed by atoms with Gasteiger partial charge in [-0.15, -0.1) is 11.3 Å². The lowest BCUT2D eigenvalue weighted by Crippen LogP contribution is -2.42. The molecule has 2 amide bonds. The van der Waals surface area contributed by atoms with Gasteiger partial charge in [-0.25, -0.2) is 4.98 Å². The zero-order valence-corrected chi connectivity index (χ0v) is 17.0. The van der Waals surface area contributed by atoms with Gasteiger partial charge in [0, 0.05) is 41.8 Å². The van der Waals surface area contributed by atoms with Crippen molar-refractivity contribution in [3.63, 3.8) is 0 Å². The van der Waals surface area contributed by atoms with Crippen LogP contribution >= 0.6 is 11.3 Å². The lowest BCUT2D eigenvalue weighted by molar-refractivity contribution is 0.0934. The molecule has 0 spiro atoms. The average molecular weight is 390 g/mol. The van der Waals surface area contributed by atoms with E-state index in [-0.39, 0.29) is 11.8 Å². The van der Waals surface area contributed by atoms with Gasteiger partial charge >= 0.3 is 0 Å². The highest BCUT2D eigenvalue weighted by atomic mass is 32.1. The van der Waals surface area contributed by atoms with Gasteiger partial charge in [-0.2, -0.15) is 0 Å². The second kappa shape index (κ2) is 9.48. The Labute approximate surface area is 164 Å². The number of anilines is 2. The number of nitrogens with two attached hydrogens (primary N) is 1. The minimum Gasteiger partial charge on any atom is -0.399 e. The summed E-state index contributed by atoms with van der Waals surface area (Å²) >= 11 is 1.21. The molecule has 4 N–H and O–H groups in total. The van der Waals surface area contributed by atoms with Gasteiger partial charge in [-0.05, 0) is 45.9 Å². The maximum absolute atomic E-state index is 12.3. The average Bonchev–Trinajstić information content (AvgIpc) is 3.06. The largest absolute Gasteiger partial charge is 0.399 e. The summed E-state index contributed by atoms with van der Waals surface area (Å²) in [7, 11) is 0. The zero-order valence-electron chi connectivity index (χ0n) is 16.2. The highest BCUT2D eigenvalue weighted by Crippen LogP contribution is 2.17. The Kier molecular flexibility index (Phi) is 7.32. The molecule has 7 nitrogen and oxygen atoms in total. The topological polar surface area (TPSA) is 100 Å². The number of rotatable bonds is 8. The molecule has 27 heavy (non-hydrogen) atoms. The predicted octanol–water partition coefficient (Wildman–Crippen LogP) is 2.83. The third-order valence-electron chi connectivity index (χ3n) is 4.09. The lowest BCUT2D eigenvalue weighted by atomic mass is 10.2. The van der Waals surface area contributed by atoms with Crippen LogP contribution in [-0.4, -0.2) is 46.9 Å². The number of aromatic nitrogens is 1. The van der Waals surface area contributed by atoms with E-state index >= 15 is 0 Å². The van der Waals surface area contributed by atoms with Crippen molar-refractivity contribution < 1.29 is 9.59 Å². The molecule has 0 atom stereocenters. The number of carbonyl (C=O) groups excluding carboxylic acids is 2. The Morgan fingerprint density at radius 2 is 1.89 bits per heavy atom. The van der Waals surface area contributed by atoms with E-state index in [0.29, 0.717) is 40.7 Å². The molecule has 0 bridgehead atoms.